The Morgan fingerprint density at radius 3 is 2.05 bits per heavy atom. The van der Waals surface area contributed by atoms with Crippen LogP contribution in [0.5, 0.6) is 0 Å². The molecule has 2 aliphatic rings. The second-order valence-electron chi connectivity index (χ2n) is 7.16. The van der Waals surface area contributed by atoms with E-state index in [2.05, 4.69) is 31.1 Å². The average molecular weight is 266 g/mol. The van der Waals surface area contributed by atoms with Crippen molar-refractivity contribution in [2.45, 2.75) is 77.3 Å². The topological polar surface area (TPSA) is 15.3 Å². The Labute approximate surface area is 120 Å². The van der Waals surface area contributed by atoms with Crippen molar-refractivity contribution in [3.63, 3.8) is 0 Å². The quantitative estimate of drug-likeness (QED) is 0.781. The zero-order valence-corrected chi connectivity index (χ0v) is 13.3. The molecule has 1 saturated carbocycles. The third-order valence-electron chi connectivity index (χ3n) is 5.50. The van der Waals surface area contributed by atoms with Crippen LogP contribution in [0.4, 0.5) is 0 Å². The van der Waals surface area contributed by atoms with Gasteiger partial charge in [0.25, 0.3) is 0 Å². The molecule has 0 spiro atoms. The summed E-state index contributed by atoms with van der Waals surface area (Å²) in [5.74, 6) is 1.78. The highest BCUT2D eigenvalue weighted by atomic mass is 15.1. The summed E-state index contributed by atoms with van der Waals surface area (Å²) < 4.78 is 0. The molecule has 0 radical (unpaired) electrons. The highest BCUT2D eigenvalue weighted by Gasteiger charge is 2.26. The van der Waals surface area contributed by atoms with E-state index in [1.54, 1.807) is 0 Å². The van der Waals surface area contributed by atoms with Crippen LogP contribution in [0.1, 0.15) is 65.2 Å². The van der Waals surface area contributed by atoms with Crippen molar-refractivity contribution in [1.82, 2.24) is 10.2 Å². The van der Waals surface area contributed by atoms with Gasteiger partial charge in [-0.25, -0.2) is 0 Å². The molecule has 0 aromatic carbocycles. The first kappa shape index (κ1) is 15.3. The standard InChI is InChI=1S/C17H34N2/c1-14(16-9-6-4-5-7-10-16)18-15(2)17-11-8-12-19(3)13-17/h14-18H,4-13H2,1-3H3/t14-,15?,17?/m0/s1. The maximum absolute atomic E-state index is 3.94. The summed E-state index contributed by atoms with van der Waals surface area (Å²) >= 11 is 0. The molecule has 1 N–H and O–H groups in total. The second kappa shape index (κ2) is 7.64. The predicted molar refractivity (Wildman–Crippen MR) is 83.5 cm³/mol. The number of rotatable bonds is 4. The summed E-state index contributed by atoms with van der Waals surface area (Å²) in [6.45, 7) is 7.42. The number of nitrogens with zero attached hydrogens (tertiary/aromatic N) is 1. The van der Waals surface area contributed by atoms with Crippen LogP contribution in [-0.4, -0.2) is 37.1 Å². The maximum Gasteiger partial charge on any atom is 0.00818 e. The van der Waals surface area contributed by atoms with E-state index in [0.717, 1.165) is 11.8 Å². The lowest BCUT2D eigenvalue weighted by Crippen LogP contribution is -2.47. The minimum Gasteiger partial charge on any atom is -0.311 e. The molecule has 2 nitrogen and oxygen atoms in total. The monoisotopic (exact) mass is 266 g/mol. The lowest BCUT2D eigenvalue weighted by atomic mass is 9.88. The van der Waals surface area contributed by atoms with E-state index in [4.69, 9.17) is 0 Å². The van der Waals surface area contributed by atoms with Crippen molar-refractivity contribution < 1.29 is 0 Å². The molecule has 112 valence electrons. The van der Waals surface area contributed by atoms with Gasteiger partial charge in [-0.05, 0) is 65.0 Å². The SMILES string of the molecule is CC(N[C@@H](C)C1CCCCCC1)C1CCCN(C)C1. The Morgan fingerprint density at radius 1 is 0.842 bits per heavy atom. The third-order valence-corrected chi connectivity index (χ3v) is 5.50. The first-order valence-electron chi connectivity index (χ1n) is 8.61. The van der Waals surface area contributed by atoms with Gasteiger partial charge in [0.05, 0.1) is 0 Å². The minimum atomic E-state index is 0.681. The summed E-state index contributed by atoms with van der Waals surface area (Å²) in [6, 6.07) is 1.39. The normalized spacial score (nSPS) is 30.8. The maximum atomic E-state index is 3.94. The van der Waals surface area contributed by atoms with E-state index >= 15 is 0 Å². The minimum absolute atomic E-state index is 0.681. The number of likely N-dealkylation sites (tertiary alicyclic amines) is 1. The average Bonchev–Trinajstić information content (AvgIpc) is 2.67. The Morgan fingerprint density at radius 2 is 1.42 bits per heavy atom. The van der Waals surface area contributed by atoms with Gasteiger partial charge >= 0.3 is 0 Å². The highest BCUT2D eigenvalue weighted by Crippen LogP contribution is 2.27. The fraction of sp³-hybridized carbons (Fsp3) is 1.00. The molecule has 19 heavy (non-hydrogen) atoms. The third kappa shape index (κ3) is 4.75. The fourth-order valence-electron chi connectivity index (χ4n) is 4.11. The smallest absolute Gasteiger partial charge is 0.00818 e. The Bertz CT molecular complexity index is 240. The Kier molecular flexibility index (Phi) is 6.15. The van der Waals surface area contributed by atoms with Gasteiger partial charge in [0, 0.05) is 18.6 Å². The second-order valence-corrected chi connectivity index (χ2v) is 7.16. The predicted octanol–water partition coefficient (Wildman–Crippen LogP) is 3.67. The van der Waals surface area contributed by atoms with E-state index in [1.807, 2.05) is 0 Å². The van der Waals surface area contributed by atoms with E-state index in [0.29, 0.717) is 12.1 Å². The van der Waals surface area contributed by atoms with Crippen LogP contribution in [0.2, 0.25) is 0 Å². The molecule has 0 bridgehead atoms. The zero-order chi connectivity index (χ0) is 13.7. The molecule has 2 fully saturated rings. The molecule has 1 saturated heterocycles. The van der Waals surface area contributed by atoms with Crippen molar-refractivity contribution >= 4 is 0 Å². The van der Waals surface area contributed by atoms with Crippen molar-refractivity contribution in [2.24, 2.45) is 11.8 Å². The fourth-order valence-corrected chi connectivity index (χ4v) is 4.11. The van der Waals surface area contributed by atoms with E-state index in [9.17, 15) is 0 Å². The van der Waals surface area contributed by atoms with Crippen LogP contribution in [-0.2, 0) is 0 Å². The van der Waals surface area contributed by atoms with Crippen LogP contribution in [0, 0.1) is 11.8 Å². The van der Waals surface area contributed by atoms with Gasteiger partial charge in [0.15, 0.2) is 0 Å². The molecule has 2 heteroatoms. The molecule has 2 unspecified atom stereocenters. The van der Waals surface area contributed by atoms with Crippen molar-refractivity contribution in [3.05, 3.63) is 0 Å². The van der Waals surface area contributed by atoms with Crippen LogP contribution in [0.25, 0.3) is 0 Å². The van der Waals surface area contributed by atoms with Crippen molar-refractivity contribution in [2.75, 3.05) is 20.1 Å². The van der Waals surface area contributed by atoms with E-state index < -0.39 is 0 Å². The van der Waals surface area contributed by atoms with Crippen molar-refractivity contribution in [1.29, 1.82) is 0 Å². The first-order valence-corrected chi connectivity index (χ1v) is 8.61. The molecule has 0 amide bonds. The van der Waals surface area contributed by atoms with Gasteiger partial charge in [-0.3, -0.25) is 0 Å². The van der Waals surface area contributed by atoms with Crippen LogP contribution >= 0.6 is 0 Å². The lowest BCUT2D eigenvalue weighted by Gasteiger charge is -2.36. The molecule has 1 heterocycles. The van der Waals surface area contributed by atoms with Gasteiger partial charge in [0.2, 0.25) is 0 Å². The van der Waals surface area contributed by atoms with Crippen molar-refractivity contribution in [3.8, 4) is 0 Å². The Balaban J connectivity index is 1.78. The molecule has 0 aromatic rings. The summed E-state index contributed by atoms with van der Waals surface area (Å²) in [5.41, 5.74) is 0. The molecule has 0 aromatic heterocycles. The van der Waals surface area contributed by atoms with Crippen LogP contribution in [0.3, 0.4) is 0 Å². The molecule has 3 atom stereocenters. The van der Waals surface area contributed by atoms with Gasteiger partial charge in [-0.2, -0.15) is 0 Å². The Hall–Kier alpha value is -0.0800. The number of hydrogen-bond donors (Lipinski definition) is 1. The largest absolute Gasteiger partial charge is 0.311 e. The summed E-state index contributed by atoms with van der Waals surface area (Å²) in [5, 5.41) is 3.94. The van der Waals surface area contributed by atoms with Gasteiger partial charge in [-0.1, -0.05) is 25.7 Å². The zero-order valence-electron chi connectivity index (χ0n) is 13.3. The number of hydrogen-bond acceptors (Lipinski definition) is 2. The number of piperidine rings is 1. The lowest BCUT2D eigenvalue weighted by molar-refractivity contribution is 0.165. The van der Waals surface area contributed by atoms with Crippen LogP contribution in [0.15, 0.2) is 0 Å². The molecular weight excluding hydrogens is 232 g/mol. The molecule has 1 aliphatic heterocycles. The van der Waals surface area contributed by atoms with Gasteiger partial charge < -0.3 is 10.2 Å². The molecule has 1 aliphatic carbocycles. The summed E-state index contributed by atoms with van der Waals surface area (Å²) in [7, 11) is 2.27. The molecular formula is C17H34N2. The van der Waals surface area contributed by atoms with Gasteiger partial charge in [-0.15, -0.1) is 0 Å². The van der Waals surface area contributed by atoms with Crippen LogP contribution < -0.4 is 5.32 Å². The molecule has 2 rings (SSSR count). The summed E-state index contributed by atoms with van der Waals surface area (Å²) in [4.78, 5) is 2.50. The van der Waals surface area contributed by atoms with E-state index in [1.165, 1.54) is 64.5 Å². The number of nitrogens with one attached hydrogen (secondary N) is 1. The van der Waals surface area contributed by atoms with Gasteiger partial charge in [0.1, 0.15) is 0 Å². The van der Waals surface area contributed by atoms with E-state index in [-0.39, 0.29) is 0 Å². The highest BCUT2D eigenvalue weighted by molar-refractivity contribution is 4.83. The summed E-state index contributed by atoms with van der Waals surface area (Å²) in [6.07, 6.45) is 11.5. The first-order chi connectivity index (χ1) is 9.16.